The highest BCUT2D eigenvalue weighted by atomic mass is 19.1. The number of hydrogen-bond donors (Lipinski definition) is 1. The van der Waals surface area contributed by atoms with Gasteiger partial charge in [0.25, 0.3) is 5.91 Å². The third-order valence-corrected chi connectivity index (χ3v) is 3.92. The molecule has 0 heterocycles. The monoisotopic (exact) mass is 346 g/mol. The summed E-state index contributed by atoms with van der Waals surface area (Å²) >= 11 is 0. The first-order chi connectivity index (χ1) is 12.6. The van der Waals surface area contributed by atoms with Gasteiger partial charge in [-0.05, 0) is 35.2 Å². The molecule has 0 saturated carbocycles. The maximum Gasteiger partial charge on any atom is 0.266 e. The highest BCUT2D eigenvalue weighted by molar-refractivity contribution is 6.11. The predicted molar refractivity (Wildman–Crippen MR) is 99.1 cm³/mol. The lowest BCUT2D eigenvalue weighted by Crippen LogP contribution is -2.14. The number of amides is 1. The molecule has 1 amide bonds. The summed E-state index contributed by atoms with van der Waals surface area (Å²) in [5.41, 5.74) is 0.600. The van der Waals surface area contributed by atoms with Crippen molar-refractivity contribution in [2.45, 2.75) is 0 Å². The van der Waals surface area contributed by atoms with E-state index in [1.165, 1.54) is 24.3 Å². The van der Waals surface area contributed by atoms with Gasteiger partial charge in [-0.25, -0.2) is 4.39 Å². The smallest absolute Gasteiger partial charge is 0.266 e. The summed E-state index contributed by atoms with van der Waals surface area (Å²) in [5, 5.41) is 13.5. The van der Waals surface area contributed by atoms with Crippen LogP contribution in [0.4, 0.5) is 10.1 Å². The lowest BCUT2D eigenvalue weighted by Gasteiger charge is -2.09. The molecule has 0 atom stereocenters. The summed E-state index contributed by atoms with van der Waals surface area (Å²) in [7, 11) is 1.58. The molecule has 26 heavy (non-hydrogen) atoms. The van der Waals surface area contributed by atoms with Crippen molar-refractivity contribution in [3.05, 3.63) is 77.6 Å². The summed E-state index contributed by atoms with van der Waals surface area (Å²) in [6.45, 7) is 0. The van der Waals surface area contributed by atoms with Gasteiger partial charge < -0.3 is 10.1 Å². The number of para-hydroxylation sites is 1. The Kier molecular flexibility index (Phi) is 4.95. The zero-order chi connectivity index (χ0) is 18.5. The van der Waals surface area contributed by atoms with E-state index in [1.54, 1.807) is 25.3 Å². The van der Waals surface area contributed by atoms with Gasteiger partial charge in [-0.2, -0.15) is 5.26 Å². The van der Waals surface area contributed by atoms with Crippen LogP contribution in [0, 0.1) is 17.1 Å². The second kappa shape index (κ2) is 7.49. The molecule has 0 unspecified atom stereocenters. The first kappa shape index (κ1) is 17.2. The van der Waals surface area contributed by atoms with E-state index in [0.29, 0.717) is 11.3 Å². The summed E-state index contributed by atoms with van der Waals surface area (Å²) in [6, 6.07) is 18.8. The Bertz CT molecular complexity index is 1050. The number of carbonyl (C=O) groups is 1. The van der Waals surface area contributed by atoms with Crippen molar-refractivity contribution < 1.29 is 13.9 Å². The summed E-state index contributed by atoms with van der Waals surface area (Å²) in [6.07, 6.45) is 1.48. The molecule has 3 aromatic carbocycles. The number of methoxy groups -OCH3 is 1. The summed E-state index contributed by atoms with van der Waals surface area (Å²) in [4.78, 5) is 12.4. The molecule has 0 spiro atoms. The molecule has 5 heteroatoms. The number of fused-ring (bicyclic) bond motifs is 1. The standard InChI is InChI=1S/C21H15FN2O2/c1-26-20-11-10-14(16-6-2-3-7-17(16)20)12-15(13-23)21(25)24-19-9-5-4-8-18(19)22/h2-12H,1H3,(H,24,25)/b15-12+. The average Bonchev–Trinajstić information content (AvgIpc) is 2.67. The fraction of sp³-hybridized carbons (Fsp3) is 0.0476. The minimum absolute atomic E-state index is 0.0261. The lowest BCUT2D eigenvalue weighted by molar-refractivity contribution is -0.112. The Balaban J connectivity index is 2.00. The molecule has 0 saturated heterocycles. The van der Waals surface area contributed by atoms with Crippen LogP contribution in [0.25, 0.3) is 16.8 Å². The van der Waals surface area contributed by atoms with Crippen LogP contribution in [0.15, 0.2) is 66.2 Å². The van der Waals surface area contributed by atoms with Crippen molar-refractivity contribution in [2.75, 3.05) is 12.4 Å². The third kappa shape index (κ3) is 3.40. The number of nitrogens with zero attached hydrogens (tertiary/aromatic N) is 1. The zero-order valence-corrected chi connectivity index (χ0v) is 14.0. The van der Waals surface area contributed by atoms with Gasteiger partial charge >= 0.3 is 0 Å². The van der Waals surface area contributed by atoms with Crippen LogP contribution >= 0.6 is 0 Å². The van der Waals surface area contributed by atoms with E-state index < -0.39 is 11.7 Å². The maximum atomic E-state index is 13.7. The maximum absolute atomic E-state index is 13.7. The Labute approximate surface area is 150 Å². The normalized spacial score (nSPS) is 11.0. The molecular formula is C21H15FN2O2. The number of nitriles is 1. The van der Waals surface area contributed by atoms with Gasteiger partial charge in [-0.3, -0.25) is 4.79 Å². The van der Waals surface area contributed by atoms with Gasteiger partial charge in [-0.1, -0.05) is 42.5 Å². The van der Waals surface area contributed by atoms with Gasteiger partial charge in [0, 0.05) is 5.39 Å². The number of halogens is 1. The summed E-state index contributed by atoms with van der Waals surface area (Å²) in [5.74, 6) is -0.530. The Morgan fingerprint density at radius 1 is 1.08 bits per heavy atom. The fourth-order valence-corrected chi connectivity index (χ4v) is 2.65. The molecule has 0 aliphatic carbocycles. The van der Waals surface area contributed by atoms with Gasteiger partial charge in [0.05, 0.1) is 12.8 Å². The Hall–Kier alpha value is -3.65. The van der Waals surface area contributed by atoms with Gasteiger partial charge in [0.1, 0.15) is 23.2 Å². The Morgan fingerprint density at radius 3 is 2.46 bits per heavy atom. The molecule has 4 nitrogen and oxygen atoms in total. The molecule has 1 N–H and O–H groups in total. The van der Waals surface area contributed by atoms with Crippen LogP contribution in [-0.4, -0.2) is 13.0 Å². The largest absolute Gasteiger partial charge is 0.496 e. The number of carbonyl (C=O) groups excluding carboxylic acids is 1. The highest BCUT2D eigenvalue weighted by Crippen LogP contribution is 2.29. The molecule has 0 aliphatic rings. The van der Waals surface area contributed by atoms with Crippen molar-refractivity contribution in [1.29, 1.82) is 5.26 Å². The zero-order valence-electron chi connectivity index (χ0n) is 14.0. The number of benzene rings is 3. The average molecular weight is 346 g/mol. The Morgan fingerprint density at radius 2 is 1.77 bits per heavy atom. The van der Waals surface area contributed by atoms with Gasteiger partial charge in [0.2, 0.25) is 0 Å². The van der Waals surface area contributed by atoms with E-state index in [1.807, 2.05) is 30.3 Å². The molecule has 128 valence electrons. The molecule has 0 aliphatic heterocycles. The van der Waals surface area contributed by atoms with Crippen molar-refractivity contribution in [3.8, 4) is 11.8 Å². The lowest BCUT2D eigenvalue weighted by atomic mass is 10.0. The fourth-order valence-electron chi connectivity index (χ4n) is 2.65. The number of nitrogens with one attached hydrogen (secondary N) is 1. The number of anilines is 1. The molecule has 3 rings (SSSR count). The second-order valence-corrected chi connectivity index (χ2v) is 5.51. The minimum atomic E-state index is -0.669. The quantitative estimate of drug-likeness (QED) is 0.557. The summed E-state index contributed by atoms with van der Waals surface area (Å²) < 4.78 is 19.1. The highest BCUT2D eigenvalue weighted by Gasteiger charge is 2.13. The van der Waals surface area contributed by atoms with Crippen LogP contribution in [0.5, 0.6) is 5.75 Å². The van der Waals surface area contributed by atoms with E-state index in [-0.39, 0.29) is 11.3 Å². The SMILES string of the molecule is COc1ccc(/C=C(\C#N)C(=O)Nc2ccccc2F)c2ccccc12. The molecule has 0 fully saturated rings. The van der Waals surface area contributed by atoms with Crippen molar-refractivity contribution >= 4 is 28.4 Å². The van der Waals surface area contributed by atoms with Crippen LogP contribution in [0.1, 0.15) is 5.56 Å². The number of rotatable bonds is 4. The molecule has 0 radical (unpaired) electrons. The first-order valence-electron chi connectivity index (χ1n) is 7.87. The van der Waals surface area contributed by atoms with Crippen molar-refractivity contribution in [1.82, 2.24) is 0 Å². The van der Waals surface area contributed by atoms with Crippen LogP contribution in [0.2, 0.25) is 0 Å². The first-order valence-corrected chi connectivity index (χ1v) is 7.87. The van der Waals surface area contributed by atoms with Crippen LogP contribution in [0.3, 0.4) is 0 Å². The molecule has 3 aromatic rings. The van der Waals surface area contributed by atoms with E-state index in [2.05, 4.69) is 5.32 Å². The topological polar surface area (TPSA) is 62.1 Å². The van der Waals surface area contributed by atoms with E-state index in [0.717, 1.165) is 10.8 Å². The second-order valence-electron chi connectivity index (χ2n) is 5.51. The van der Waals surface area contributed by atoms with Crippen LogP contribution in [-0.2, 0) is 4.79 Å². The van der Waals surface area contributed by atoms with Crippen LogP contribution < -0.4 is 10.1 Å². The van der Waals surface area contributed by atoms with E-state index in [9.17, 15) is 14.4 Å². The van der Waals surface area contributed by atoms with Gasteiger partial charge in [-0.15, -0.1) is 0 Å². The molecule has 0 bridgehead atoms. The van der Waals surface area contributed by atoms with Crippen molar-refractivity contribution in [3.63, 3.8) is 0 Å². The predicted octanol–water partition coefficient (Wildman–Crippen LogP) is 4.53. The number of hydrogen-bond acceptors (Lipinski definition) is 3. The van der Waals surface area contributed by atoms with Crippen molar-refractivity contribution in [2.24, 2.45) is 0 Å². The van der Waals surface area contributed by atoms with E-state index in [4.69, 9.17) is 4.74 Å². The van der Waals surface area contributed by atoms with Gasteiger partial charge in [0.15, 0.2) is 0 Å². The molecular weight excluding hydrogens is 331 g/mol. The van der Waals surface area contributed by atoms with E-state index >= 15 is 0 Å². The number of ether oxygens (including phenoxy) is 1. The third-order valence-electron chi connectivity index (χ3n) is 3.92. The minimum Gasteiger partial charge on any atom is -0.496 e. The molecule has 0 aromatic heterocycles.